The maximum atomic E-state index is 13.3. The molecule has 0 spiro atoms. The molecule has 1 atom stereocenters. The predicted octanol–water partition coefficient (Wildman–Crippen LogP) is 2.84. The number of sulfone groups is 1. The first kappa shape index (κ1) is 24.1. The fourth-order valence-corrected chi connectivity index (χ4v) is 6.07. The molecule has 0 bridgehead atoms. The maximum Gasteiger partial charge on any atom is 0.262 e. The Kier molecular flexibility index (Phi) is 6.58. The molecule has 182 valence electrons. The van der Waals surface area contributed by atoms with Crippen molar-refractivity contribution in [1.82, 2.24) is 4.90 Å². The minimum Gasteiger partial charge on any atom is -0.482 e. The van der Waals surface area contributed by atoms with Crippen LogP contribution in [0.1, 0.15) is 30.0 Å². The summed E-state index contributed by atoms with van der Waals surface area (Å²) in [6, 6.07) is 9.28. The average molecular weight is 486 g/mol. The second-order valence-electron chi connectivity index (χ2n) is 9.10. The van der Waals surface area contributed by atoms with Gasteiger partial charge in [0.05, 0.1) is 15.8 Å². The zero-order chi connectivity index (χ0) is 24.6. The Balaban J connectivity index is 1.42. The number of hydrogen-bond acceptors (Lipinski definition) is 6. The van der Waals surface area contributed by atoms with Gasteiger partial charge < -0.3 is 19.9 Å². The van der Waals surface area contributed by atoms with E-state index in [1.165, 1.54) is 22.9 Å². The van der Waals surface area contributed by atoms with Crippen molar-refractivity contribution in [2.75, 3.05) is 43.0 Å². The molecular weight excluding hydrogens is 454 g/mol. The fourth-order valence-electron chi connectivity index (χ4n) is 4.50. The van der Waals surface area contributed by atoms with Crippen molar-refractivity contribution in [1.29, 1.82) is 0 Å². The van der Waals surface area contributed by atoms with Gasteiger partial charge in [-0.2, -0.15) is 0 Å². The molecular formula is C25H31N3O5S. The van der Waals surface area contributed by atoms with Gasteiger partial charge in [-0.25, -0.2) is 8.42 Å². The predicted molar refractivity (Wildman–Crippen MR) is 131 cm³/mol. The second kappa shape index (κ2) is 9.29. The van der Waals surface area contributed by atoms with Gasteiger partial charge in [-0.15, -0.1) is 0 Å². The standard InChI is InChI=1S/C25H31N3O5S/c1-16-6-5-7-21(19(16)4)27-8-10-28(11-9-27)25(30)13-18(3)34(31,32)23-14-22-20(12-17(23)2)26-24(29)15-33-22/h5-7,12,14,18H,8-11,13,15H2,1-4H3,(H,26,29). The molecule has 1 unspecified atom stereocenters. The van der Waals surface area contributed by atoms with Crippen LogP contribution in [0.15, 0.2) is 35.2 Å². The number of anilines is 2. The molecule has 4 rings (SSSR count). The summed E-state index contributed by atoms with van der Waals surface area (Å²) in [7, 11) is -3.77. The van der Waals surface area contributed by atoms with E-state index >= 15 is 0 Å². The fraction of sp³-hybridized carbons (Fsp3) is 0.440. The second-order valence-corrected chi connectivity index (χ2v) is 11.4. The van der Waals surface area contributed by atoms with Crippen LogP contribution >= 0.6 is 0 Å². The third-order valence-electron chi connectivity index (χ3n) is 6.76. The zero-order valence-electron chi connectivity index (χ0n) is 20.1. The van der Waals surface area contributed by atoms with Gasteiger partial charge in [0.2, 0.25) is 5.91 Å². The van der Waals surface area contributed by atoms with E-state index in [1.807, 2.05) is 6.07 Å². The largest absolute Gasteiger partial charge is 0.482 e. The first-order valence-electron chi connectivity index (χ1n) is 11.5. The van der Waals surface area contributed by atoms with E-state index in [0.717, 1.165) is 0 Å². The number of nitrogens with zero attached hydrogens (tertiary/aromatic N) is 2. The van der Waals surface area contributed by atoms with Gasteiger partial charge in [0.15, 0.2) is 16.4 Å². The Bertz CT molecular complexity index is 1230. The molecule has 34 heavy (non-hydrogen) atoms. The lowest BCUT2D eigenvalue weighted by molar-refractivity contribution is -0.131. The molecule has 2 heterocycles. The molecule has 2 aromatic rings. The van der Waals surface area contributed by atoms with Crippen LogP contribution in [0.5, 0.6) is 5.75 Å². The average Bonchev–Trinajstić information content (AvgIpc) is 2.80. The molecule has 2 aliphatic rings. The van der Waals surface area contributed by atoms with Gasteiger partial charge in [-0.1, -0.05) is 12.1 Å². The summed E-state index contributed by atoms with van der Waals surface area (Å²) < 4.78 is 32.0. The quantitative estimate of drug-likeness (QED) is 0.700. The lowest BCUT2D eigenvalue weighted by Gasteiger charge is -2.37. The Morgan fingerprint density at radius 3 is 2.50 bits per heavy atom. The number of amides is 2. The monoisotopic (exact) mass is 485 g/mol. The van der Waals surface area contributed by atoms with Crippen molar-refractivity contribution in [2.24, 2.45) is 0 Å². The molecule has 2 aliphatic heterocycles. The van der Waals surface area contributed by atoms with E-state index in [4.69, 9.17) is 4.74 Å². The van der Waals surface area contributed by atoms with Crippen LogP contribution in [0.25, 0.3) is 0 Å². The Labute approximate surface area is 200 Å². The number of ether oxygens (including phenoxy) is 1. The van der Waals surface area contributed by atoms with E-state index < -0.39 is 15.1 Å². The van der Waals surface area contributed by atoms with E-state index in [0.29, 0.717) is 43.2 Å². The van der Waals surface area contributed by atoms with Crippen LogP contribution in [0.3, 0.4) is 0 Å². The minimum atomic E-state index is -3.77. The number of rotatable bonds is 5. The number of piperazine rings is 1. The van der Waals surface area contributed by atoms with Crippen LogP contribution in [-0.2, 0) is 19.4 Å². The van der Waals surface area contributed by atoms with Gasteiger partial charge in [0.1, 0.15) is 5.75 Å². The van der Waals surface area contributed by atoms with E-state index in [9.17, 15) is 18.0 Å². The molecule has 0 aromatic heterocycles. The first-order valence-corrected chi connectivity index (χ1v) is 13.0. The van der Waals surface area contributed by atoms with E-state index in [-0.39, 0.29) is 29.7 Å². The van der Waals surface area contributed by atoms with Crippen molar-refractivity contribution in [3.63, 3.8) is 0 Å². The molecule has 1 saturated heterocycles. The third kappa shape index (κ3) is 4.61. The van der Waals surface area contributed by atoms with Gasteiger partial charge in [0, 0.05) is 44.4 Å². The molecule has 1 N–H and O–H groups in total. The van der Waals surface area contributed by atoms with Crippen LogP contribution < -0.4 is 15.0 Å². The smallest absolute Gasteiger partial charge is 0.262 e. The summed E-state index contributed by atoms with van der Waals surface area (Å²) in [4.78, 5) is 28.7. The van der Waals surface area contributed by atoms with Gasteiger partial charge in [0.25, 0.3) is 5.91 Å². The summed E-state index contributed by atoms with van der Waals surface area (Å²) in [6.45, 7) is 9.83. The highest BCUT2D eigenvalue weighted by Crippen LogP contribution is 2.34. The molecule has 9 heteroatoms. The third-order valence-corrected chi connectivity index (χ3v) is 9.04. The lowest BCUT2D eigenvalue weighted by Crippen LogP contribution is -2.49. The van der Waals surface area contributed by atoms with Crippen LogP contribution in [0.4, 0.5) is 11.4 Å². The van der Waals surface area contributed by atoms with Crippen LogP contribution in [-0.4, -0.2) is 63.2 Å². The molecule has 2 aromatic carbocycles. The molecule has 0 radical (unpaired) electrons. The van der Waals surface area contributed by atoms with E-state index in [1.54, 1.807) is 24.8 Å². The highest BCUT2D eigenvalue weighted by atomic mass is 32.2. The van der Waals surface area contributed by atoms with Crippen molar-refractivity contribution >= 4 is 33.0 Å². The topological polar surface area (TPSA) is 96.0 Å². The van der Waals surface area contributed by atoms with Crippen molar-refractivity contribution in [2.45, 2.75) is 44.3 Å². The first-order chi connectivity index (χ1) is 16.1. The van der Waals surface area contributed by atoms with Crippen molar-refractivity contribution < 1.29 is 22.7 Å². The Morgan fingerprint density at radius 1 is 1.09 bits per heavy atom. The Morgan fingerprint density at radius 2 is 1.79 bits per heavy atom. The highest BCUT2D eigenvalue weighted by Gasteiger charge is 2.32. The molecule has 1 fully saturated rings. The number of aryl methyl sites for hydroxylation is 2. The zero-order valence-corrected chi connectivity index (χ0v) is 20.9. The summed E-state index contributed by atoms with van der Waals surface area (Å²) in [6.07, 6.45) is -0.0834. The summed E-state index contributed by atoms with van der Waals surface area (Å²) in [5, 5.41) is 1.80. The number of fused-ring (bicyclic) bond motifs is 1. The normalized spacial score (nSPS) is 17.0. The molecule has 0 aliphatic carbocycles. The minimum absolute atomic E-state index is 0.0834. The number of hydrogen-bond donors (Lipinski definition) is 1. The van der Waals surface area contributed by atoms with Crippen molar-refractivity contribution in [3.05, 3.63) is 47.0 Å². The lowest BCUT2D eigenvalue weighted by atomic mass is 10.1. The molecule has 0 saturated carbocycles. The van der Waals surface area contributed by atoms with Gasteiger partial charge in [-0.3, -0.25) is 9.59 Å². The van der Waals surface area contributed by atoms with E-state index in [2.05, 4.69) is 36.2 Å². The van der Waals surface area contributed by atoms with Gasteiger partial charge >= 0.3 is 0 Å². The van der Waals surface area contributed by atoms with Gasteiger partial charge in [-0.05, 0) is 56.5 Å². The molecule has 8 nitrogen and oxygen atoms in total. The Hall–Kier alpha value is -3.07. The maximum absolute atomic E-state index is 13.3. The summed E-state index contributed by atoms with van der Waals surface area (Å²) in [5.74, 6) is -0.111. The summed E-state index contributed by atoms with van der Waals surface area (Å²) >= 11 is 0. The SMILES string of the molecule is Cc1cc2c(cc1S(=O)(=O)C(C)CC(=O)N1CCN(c3cccc(C)c3C)CC1)OCC(=O)N2. The van der Waals surface area contributed by atoms with Crippen LogP contribution in [0, 0.1) is 20.8 Å². The number of carbonyl (C=O) groups excluding carboxylic acids is 2. The summed E-state index contributed by atoms with van der Waals surface area (Å²) in [5.41, 5.74) is 4.62. The highest BCUT2D eigenvalue weighted by molar-refractivity contribution is 7.92. The number of carbonyl (C=O) groups is 2. The number of benzene rings is 2. The van der Waals surface area contributed by atoms with Crippen molar-refractivity contribution in [3.8, 4) is 5.75 Å². The molecule has 2 amide bonds. The van der Waals surface area contributed by atoms with Crippen LogP contribution in [0.2, 0.25) is 0 Å². The number of nitrogens with one attached hydrogen (secondary N) is 1.